The molecule has 1 heterocycles. The zero-order valence-corrected chi connectivity index (χ0v) is 17.8. The molecular formula is C24H22ClN3O2. The standard InChI is InChI=1S/C24H22ClN3O2/c1-5-24(2,3)27-23(29)19-12-9-15-26-22(19)28(17-10-7-6-8-11-17)18-13-14-20(25)21(16-18)30-4/h1,6-16H,2-4H3,(H,27,29). The summed E-state index contributed by atoms with van der Waals surface area (Å²) < 4.78 is 5.39. The third-order valence-corrected chi connectivity index (χ3v) is 4.75. The van der Waals surface area contributed by atoms with Crippen LogP contribution < -0.4 is 15.0 Å². The molecule has 0 saturated heterocycles. The molecule has 0 saturated carbocycles. The molecule has 1 aromatic heterocycles. The summed E-state index contributed by atoms with van der Waals surface area (Å²) in [6.45, 7) is 3.53. The normalized spacial score (nSPS) is 10.8. The number of hydrogen-bond acceptors (Lipinski definition) is 4. The van der Waals surface area contributed by atoms with E-state index < -0.39 is 5.54 Å². The molecule has 5 nitrogen and oxygen atoms in total. The lowest BCUT2D eigenvalue weighted by Gasteiger charge is -2.27. The third-order valence-electron chi connectivity index (χ3n) is 4.44. The molecule has 0 spiro atoms. The van der Waals surface area contributed by atoms with Gasteiger partial charge in [0.2, 0.25) is 0 Å². The minimum absolute atomic E-state index is 0.317. The molecule has 152 valence electrons. The number of methoxy groups -OCH3 is 1. The van der Waals surface area contributed by atoms with E-state index in [0.717, 1.165) is 11.4 Å². The highest BCUT2D eigenvalue weighted by Gasteiger charge is 2.25. The highest BCUT2D eigenvalue weighted by atomic mass is 35.5. The number of terminal acetylenes is 1. The Labute approximate surface area is 181 Å². The van der Waals surface area contributed by atoms with Crippen molar-refractivity contribution >= 4 is 34.7 Å². The molecule has 6 heteroatoms. The number of aromatic nitrogens is 1. The Kier molecular flexibility index (Phi) is 6.29. The van der Waals surface area contributed by atoms with Crippen molar-refractivity contribution < 1.29 is 9.53 Å². The number of para-hydroxylation sites is 1. The van der Waals surface area contributed by atoms with Crippen LogP contribution in [0.2, 0.25) is 5.02 Å². The van der Waals surface area contributed by atoms with Crippen LogP contribution in [0.25, 0.3) is 0 Å². The molecule has 3 rings (SSSR count). The van der Waals surface area contributed by atoms with Gasteiger partial charge in [-0.25, -0.2) is 4.98 Å². The molecule has 0 atom stereocenters. The first-order valence-electron chi connectivity index (χ1n) is 9.30. The second-order valence-electron chi connectivity index (χ2n) is 7.09. The minimum Gasteiger partial charge on any atom is -0.495 e. The zero-order valence-electron chi connectivity index (χ0n) is 17.0. The van der Waals surface area contributed by atoms with Crippen LogP contribution in [0.15, 0.2) is 66.9 Å². The molecule has 0 fully saturated rings. The van der Waals surface area contributed by atoms with Crippen LogP contribution in [-0.2, 0) is 0 Å². The first-order chi connectivity index (χ1) is 14.4. The molecule has 0 unspecified atom stereocenters. The minimum atomic E-state index is -0.800. The highest BCUT2D eigenvalue weighted by Crippen LogP contribution is 2.38. The lowest BCUT2D eigenvalue weighted by Crippen LogP contribution is -2.42. The number of nitrogens with one attached hydrogen (secondary N) is 1. The predicted octanol–water partition coefficient (Wildman–Crippen LogP) is 5.36. The Morgan fingerprint density at radius 3 is 2.53 bits per heavy atom. The molecule has 30 heavy (non-hydrogen) atoms. The Morgan fingerprint density at radius 1 is 1.13 bits per heavy atom. The number of ether oxygens (including phenoxy) is 1. The van der Waals surface area contributed by atoms with E-state index in [9.17, 15) is 4.79 Å². The Morgan fingerprint density at radius 2 is 1.87 bits per heavy atom. The summed E-state index contributed by atoms with van der Waals surface area (Å²) in [5, 5.41) is 3.35. The van der Waals surface area contributed by atoms with Crippen LogP contribution in [0.5, 0.6) is 5.75 Å². The zero-order chi connectivity index (χ0) is 21.7. The van der Waals surface area contributed by atoms with Crippen molar-refractivity contribution in [1.29, 1.82) is 0 Å². The number of amides is 1. The average Bonchev–Trinajstić information content (AvgIpc) is 2.76. The fourth-order valence-corrected chi connectivity index (χ4v) is 3.09. The maximum Gasteiger partial charge on any atom is 0.256 e. The smallest absolute Gasteiger partial charge is 0.256 e. The van der Waals surface area contributed by atoms with E-state index in [4.69, 9.17) is 22.8 Å². The lowest BCUT2D eigenvalue weighted by molar-refractivity contribution is 0.0930. The lowest BCUT2D eigenvalue weighted by atomic mass is 10.1. The van der Waals surface area contributed by atoms with Crippen molar-refractivity contribution in [1.82, 2.24) is 10.3 Å². The van der Waals surface area contributed by atoms with Crippen LogP contribution >= 0.6 is 11.6 Å². The van der Waals surface area contributed by atoms with Gasteiger partial charge in [-0.2, -0.15) is 0 Å². The van der Waals surface area contributed by atoms with Gasteiger partial charge in [0.05, 0.1) is 28.9 Å². The van der Waals surface area contributed by atoms with Crippen molar-refractivity contribution in [3.05, 3.63) is 77.4 Å². The SMILES string of the molecule is C#CC(C)(C)NC(=O)c1cccnc1N(c1ccccc1)c1ccc(Cl)c(OC)c1. The largest absolute Gasteiger partial charge is 0.495 e. The van der Waals surface area contributed by atoms with Crippen molar-refractivity contribution in [3.8, 4) is 18.1 Å². The number of rotatable bonds is 6. The number of benzene rings is 2. The van der Waals surface area contributed by atoms with E-state index in [-0.39, 0.29) is 5.91 Å². The van der Waals surface area contributed by atoms with Crippen LogP contribution in [-0.4, -0.2) is 23.5 Å². The van der Waals surface area contributed by atoms with Gasteiger partial charge >= 0.3 is 0 Å². The molecule has 0 aliphatic rings. The quantitative estimate of drug-likeness (QED) is 0.547. The molecule has 3 aromatic rings. The molecular weight excluding hydrogens is 398 g/mol. The van der Waals surface area contributed by atoms with Crippen LogP contribution in [0.4, 0.5) is 17.2 Å². The fraction of sp³-hybridized carbons (Fsp3) is 0.167. The van der Waals surface area contributed by atoms with E-state index >= 15 is 0 Å². The maximum absolute atomic E-state index is 13.1. The van der Waals surface area contributed by atoms with Gasteiger partial charge in [0, 0.05) is 18.0 Å². The highest BCUT2D eigenvalue weighted by molar-refractivity contribution is 6.32. The van der Waals surface area contributed by atoms with Crippen LogP contribution in [0.1, 0.15) is 24.2 Å². The second-order valence-corrected chi connectivity index (χ2v) is 7.50. The summed E-state index contributed by atoms with van der Waals surface area (Å²) in [5.41, 5.74) is 1.15. The fourth-order valence-electron chi connectivity index (χ4n) is 2.90. The number of hydrogen-bond donors (Lipinski definition) is 1. The topological polar surface area (TPSA) is 54.5 Å². The summed E-state index contributed by atoms with van der Waals surface area (Å²) >= 11 is 6.22. The first kappa shape index (κ1) is 21.2. The van der Waals surface area contributed by atoms with E-state index in [1.165, 1.54) is 0 Å². The summed E-state index contributed by atoms with van der Waals surface area (Å²) in [7, 11) is 1.55. The van der Waals surface area contributed by atoms with Gasteiger partial charge in [0.15, 0.2) is 0 Å². The number of pyridine rings is 1. The number of carbonyl (C=O) groups excluding carboxylic acids is 1. The van der Waals surface area contributed by atoms with Crippen LogP contribution in [0.3, 0.4) is 0 Å². The number of nitrogens with zero attached hydrogens (tertiary/aromatic N) is 2. The Balaban J connectivity index is 2.17. The first-order valence-corrected chi connectivity index (χ1v) is 9.68. The van der Waals surface area contributed by atoms with Gasteiger partial charge in [-0.3, -0.25) is 9.69 Å². The molecule has 0 aliphatic heterocycles. The summed E-state index contributed by atoms with van der Waals surface area (Å²) in [6.07, 6.45) is 7.18. The van der Waals surface area contributed by atoms with E-state index in [0.29, 0.717) is 22.2 Å². The van der Waals surface area contributed by atoms with E-state index in [2.05, 4.69) is 16.2 Å². The molecule has 0 aliphatic carbocycles. The van der Waals surface area contributed by atoms with Gasteiger partial charge in [0.1, 0.15) is 11.6 Å². The molecule has 1 N–H and O–H groups in total. The van der Waals surface area contributed by atoms with Gasteiger partial charge in [-0.15, -0.1) is 6.42 Å². The van der Waals surface area contributed by atoms with Gasteiger partial charge in [-0.1, -0.05) is 35.7 Å². The summed E-state index contributed by atoms with van der Waals surface area (Å²) in [5.74, 6) is 3.24. The number of halogens is 1. The van der Waals surface area contributed by atoms with Crippen molar-refractivity contribution in [2.75, 3.05) is 12.0 Å². The summed E-state index contributed by atoms with van der Waals surface area (Å²) in [4.78, 5) is 19.5. The maximum atomic E-state index is 13.1. The number of carbonyl (C=O) groups is 1. The van der Waals surface area contributed by atoms with Crippen molar-refractivity contribution in [2.45, 2.75) is 19.4 Å². The van der Waals surface area contributed by atoms with Gasteiger partial charge < -0.3 is 10.1 Å². The molecule has 2 aromatic carbocycles. The van der Waals surface area contributed by atoms with E-state index in [1.807, 2.05) is 41.3 Å². The average molecular weight is 420 g/mol. The Bertz CT molecular complexity index is 1090. The number of anilines is 3. The molecule has 0 radical (unpaired) electrons. The Hall–Kier alpha value is -3.49. The van der Waals surface area contributed by atoms with Gasteiger partial charge in [0.25, 0.3) is 5.91 Å². The van der Waals surface area contributed by atoms with E-state index in [1.54, 1.807) is 51.4 Å². The monoisotopic (exact) mass is 419 g/mol. The second kappa shape index (κ2) is 8.89. The van der Waals surface area contributed by atoms with Gasteiger partial charge in [-0.05, 0) is 50.2 Å². The van der Waals surface area contributed by atoms with Crippen molar-refractivity contribution in [3.63, 3.8) is 0 Å². The molecule has 0 bridgehead atoms. The molecule has 1 amide bonds. The van der Waals surface area contributed by atoms with Crippen LogP contribution in [0, 0.1) is 12.3 Å². The summed E-state index contributed by atoms with van der Waals surface area (Å²) in [6, 6.07) is 18.4. The third kappa shape index (κ3) is 4.56. The van der Waals surface area contributed by atoms with Crippen molar-refractivity contribution in [2.24, 2.45) is 0 Å². The predicted molar refractivity (Wildman–Crippen MR) is 121 cm³/mol.